The lowest BCUT2D eigenvalue weighted by atomic mass is 10.1. The number of amides is 1. The Hall–Kier alpha value is -3.55. The van der Waals surface area contributed by atoms with Crippen molar-refractivity contribution in [3.63, 3.8) is 0 Å². The van der Waals surface area contributed by atoms with E-state index in [1.165, 1.54) is 6.08 Å². The molecule has 3 aromatic carbocycles. The molecular formula is C26H23ClN2O2. The normalized spacial score (nSPS) is 11.0. The molecule has 0 fully saturated rings. The van der Waals surface area contributed by atoms with Crippen LogP contribution in [0.15, 0.2) is 66.2 Å². The first-order chi connectivity index (χ1) is 14.9. The summed E-state index contributed by atoms with van der Waals surface area (Å²) in [6.07, 6.45) is 1.50. The van der Waals surface area contributed by atoms with Gasteiger partial charge >= 0.3 is 0 Å². The van der Waals surface area contributed by atoms with Crippen LogP contribution in [-0.4, -0.2) is 5.91 Å². The van der Waals surface area contributed by atoms with Crippen molar-refractivity contribution in [1.29, 1.82) is 5.26 Å². The number of aryl methyl sites for hydroxylation is 3. The number of hydrogen-bond donors (Lipinski definition) is 1. The minimum Gasteiger partial charge on any atom is -0.488 e. The molecule has 0 aliphatic heterocycles. The van der Waals surface area contributed by atoms with Crippen molar-refractivity contribution in [1.82, 2.24) is 0 Å². The maximum Gasteiger partial charge on any atom is 0.266 e. The molecule has 0 radical (unpaired) electrons. The molecule has 0 aromatic heterocycles. The number of anilines is 1. The van der Waals surface area contributed by atoms with Gasteiger partial charge in [-0.05, 0) is 62.2 Å². The van der Waals surface area contributed by atoms with Gasteiger partial charge in [0, 0.05) is 16.3 Å². The topological polar surface area (TPSA) is 62.1 Å². The summed E-state index contributed by atoms with van der Waals surface area (Å²) in [5, 5.41) is 12.9. The zero-order valence-corrected chi connectivity index (χ0v) is 18.5. The number of carbonyl (C=O) groups excluding carboxylic acids is 1. The number of para-hydroxylation sites is 1. The average Bonchev–Trinajstić information content (AvgIpc) is 2.72. The summed E-state index contributed by atoms with van der Waals surface area (Å²) in [5.74, 6) is 0.0528. The Morgan fingerprint density at radius 1 is 1.06 bits per heavy atom. The third-order valence-electron chi connectivity index (χ3n) is 4.71. The van der Waals surface area contributed by atoms with E-state index in [9.17, 15) is 10.1 Å². The van der Waals surface area contributed by atoms with Gasteiger partial charge in [-0.1, -0.05) is 59.1 Å². The number of nitrogens with zero attached hydrogens (tertiary/aromatic N) is 1. The number of benzene rings is 3. The fourth-order valence-electron chi connectivity index (χ4n) is 3.28. The van der Waals surface area contributed by atoms with Gasteiger partial charge in [0.05, 0.1) is 0 Å². The molecule has 0 aliphatic rings. The molecule has 0 bridgehead atoms. The Kier molecular flexibility index (Phi) is 7.12. The molecule has 4 nitrogen and oxygen atoms in total. The summed E-state index contributed by atoms with van der Waals surface area (Å²) in [7, 11) is 0. The van der Waals surface area contributed by atoms with Crippen LogP contribution in [0.25, 0.3) is 6.08 Å². The van der Waals surface area contributed by atoms with Crippen LogP contribution < -0.4 is 10.1 Å². The molecule has 3 aromatic rings. The Labute approximate surface area is 187 Å². The van der Waals surface area contributed by atoms with Crippen LogP contribution in [0.4, 0.5) is 5.69 Å². The van der Waals surface area contributed by atoms with Crippen molar-refractivity contribution in [3.8, 4) is 11.8 Å². The summed E-state index contributed by atoms with van der Waals surface area (Å²) < 4.78 is 6.01. The van der Waals surface area contributed by atoms with E-state index in [-0.39, 0.29) is 5.57 Å². The van der Waals surface area contributed by atoms with E-state index in [1.54, 1.807) is 24.3 Å². The molecule has 0 spiro atoms. The minimum atomic E-state index is -0.489. The second-order valence-electron chi connectivity index (χ2n) is 7.41. The lowest BCUT2D eigenvalue weighted by Gasteiger charge is -2.12. The molecule has 0 unspecified atom stereocenters. The van der Waals surface area contributed by atoms with Crippen molar-refractivity contribution in [3.05, 3.63) is 99.1 Å². The van der Waals surface area contributed by atoms with Crippen LogP contribution in [0.1, 0.15) is 27.8 Å². The largest absolute Gasteiger partial charge is 0.488 e. The minimum absolute atomic E-state index is 0.0400. The smallest absolute Gasteiger partial charge is 0.266 e. The molecule has 3 rings (SSSR count). The summed E-state index contributed by atoms with van der Waals surface area (Å²) in [6.45, 7) is 6.34. The number of nitriles is 1. The van der Waals surface area contributed by atoms with Crippen LogP contribution in [-0.2, 0) is 11.4 Å². The molecule has 1 amide bonds. The van der Waals surface area contributed by atoms with Gasteiger partial charge in [0.25, 0.3) is 5.91 Å². The number of halogens is 1. The average molecular weight is 431 g/mol. The molecule has 156 valence electrons. The zero-order valence-electron chi connectivity index (χ0n) is 17.7. The molecule has 31 heavy (non-hydrogen) atoms. The van der Waals surface area contributed by atoms with Gasteiger partial charge in [0.15, 0.2) is 0 Å². The van der Waals surface area contributed by atoms with Crippen LogP contribution in [0, 0.1) is 32.1 Å². The second-order valence-corrected chi connectivity index (χ2v) is 7.84. The van der Waals surface area contributed by atoms with Crippen LogP contribution in [0.3, 0.4) is 0 Å². The predicted molar refractivity (Wildman–Crippen MR) is 125 cm³/mol. The molecule has 5 heteroatoms. The molecule has 0 heterocycles. The SMILES string of the molecule is Cc1cc(C)cc(COc2ccc(Cl)cc2/C=C(\C#N)C(=O)Nc2ccccc2C)c1. The standard InChI is InChI=1S/C26H23ClN2O2/c1-17-10-18(2)12-20(11-17)16-31-25-9-8-23(27)14-21(25)13-22(15-28)26(30)29-24-7-5-4-6-19(24)3/h4-14H,16H2,1-3H3,(H,29,30)/b22-13+. The maximum absolute atomic E-state index is 12.7. The monoisotopic (exact) mass is 430 g/mol. The summed E-state index contributed by atoms with van der Waals surface area (Å²) in [6, 6.07) is 20.7. The molecule has 1 N–H and O–H groups in total. The van der Waals surface area contributed by atoms with Crippen molar-refractivity contribution in [2.24, 2.45) is 0 Å². The zero-order chi connectivity index (χ0) is 22.4. The van der Waals surface area contributed by atoms with Crippen molar-refractivity contribution < 1.29 is 9.53 Å². The number of ether oxygens (including phenoxy) is 1. The van der Waals surface area contributed by atoms with Gasteiger partial charge in [-0.3, -0.25) is 4.79 Å². The van der Waals surface area contributed by atoms with Crippen molar-refractivity contribution in [2.45, 2.75) is 27.4 Å². The molecule has 0 aliphatic carbocycles. The van der Waals surface area contributed by atoms with E-state index in [1.807, 2.05) is 45.0 Å². The van der Waals surface area contributed by atoms with Crippen molar-refractivity contribution >= 4 is 29.3 Å². The maximum atomic E-state index is 12.7. The van der Waals surface area contributed by atoms with E-state index in [4.69, 9.17) is 16.3 Å². The Balaban J connectivity index is 1.85. The van der Waals surface area contributed by atoms with E-state index < -0.39 is 5.91 Å². The second kappa shape index (κ2) is 9.97. The van der Waals surface area contributed by atoms with E-state index in [2.05, 4.69) is 23.5 Å². The summed E-state index contributed by atoms with van der Waals surface area (Å²) in [4.78, 5) is 12.7. The summed E-state index contributed by atoms with van der Waals surface area (Å²) in [5.41, 5.74) is 5.46. The lowest BCUT2D eigenvalue weighted by molar-refractivity contribution is -0.112. The quantitative estimate of drug-likeness (QED) is 0.364. The van der Waals surface area contributed by atoms with Crippen LogP contribution in [0.5, 0.6) is 5.75 Å². The Bertz CT molecular complexity index is 1170. The van der Waals surface area contributed by atoms with E-state index in [0.717, 1.165) is 22.3 Å². The first-order valence-electron chi connectivity index (χ1n) is 9.84. The highest BCUT2D eigenvalue weighted by atomic mass is 35.5. The first kappa shape index (κ1) is 22.1. The fourth-order valence-corrected chi connectivity index (χ4v) is 3.46. The summed E-state index contributed by atoms with van der Waals surface area (Å²) >= 11 is 6.16. The highest BCUT2D eigenvalue weighted by Gasteiger charge is 2.13. The number of rotatable bonds is 6. The lowest BCUT2D eigenvalue weighted by Crippen LogP contribution is -2.14. The van der Waals surface area contributed by atoms with Gasteiger partial charge in [0.1, 0.15) is 24.0 Å². The Morgan fingerprint density at radius 3 is 2.45 bits per heavy atom. The van der Waals surface area contributed by atoms with Crippen LogP contribution in [0.2, 0.25) is 5.02 Å². The van der Waals surface area contributed by atoms with E-state index >= 15 is 0 Å². The highest BCUT2D eigenvalue weighted by molar-refractivity contribution is 6.30. The first-order valence-corrected chi connectivity index (χ1v) is 10.2. The third-order valence-corrected chi connectivity index (χ3v) is 4.94. The number of carbonyl (C=O) groups is 1. The van der Waals surface area contributed by atoms with Gasteiger partial charge in [-0.25, -0.2) is 0 Å². The van der Waals surface area contributed by atoms with Crippen LogP contribution >= 0.6 is 11.6 Å². The van der Waals surface area contributed by atoms with Gasteiger partial charge in [0.2, 0.25) is 0 Å². The predicted octanol–water partition coefficient (Wildman–Crippen LogP) is 6.39. The number of nitrogens with one attached hydrogen (secondary N) is 1. The molecular weight excluding hydrogens is 408 g/mol. The van der Waals surface area contributed by atoms with Gasteiger partial charge in [-0.2, -0.15) is 5.26 Å². The van der Waals surface area contributed by atoms with Gasteiger partial charge in [-0.15, -0.1) is 0 Å². The molecule has 0 atom stereocenters. The van der Waals surface area contributed by atoms with E-state index in [0.29, 0.717) is 28.6 Å². The third kappa shape index (κ3) is 5.97. The number of hydrogen-bond acceptors (Lipinski definition) is 3. The fraction of sp³-hybridized carbons (Fsp3) is 0.154. The van der Waals surface area contributed by atoms with Gasteiger partial charge < -0.3 is 10.1 Å². The Morgan fingerprint density at radius 2 is 1.77 bits per heavy atom. The highest BCUT2D eigenvalue weighted by Crippen LogP contribution is 2.27. The molecule has 0 saturated heterocycles. The van der Waals surface area contributed by atoms with Crippen molar-refractivity contribution in [2.75, 3.05) is 5.32 Å². The molecule has 0 saturated carbocycles.